The third-order valence-electron chi connectivity index (χ3n) is 3.40. The van der Waals surface area contributed by atoms with E-state index < -0.39 is 24.2 Å². The summed E-state index contributed by atoms with van der Waals surface area (Å²) in [5.41, 5.74) is 7.33. The zero-order chi connectivity index (χ0) is 15.4. The fourth-order valence-electron chi connectivity index (χ4n) is 2.40. The van der Waals surface area contributed by atoms with E-state index in [1.165, 1.54) is 4.90 Å². The molecule has 1 unspecified atom stereocenters. The predicted octanol–water partition coefficient (Wildman–Crippen LogP) is 0.0298. The molecule has 0 aliphatic carbocycles. The summed E-state index contributed by atoms with van der Waals surface area (Å²) < 4.78 is 15.3. The number of nitrogens with two attached hydrogens (primary N) is 1. The highest BCUT2D eigenvalue weighted by Gasteiger charge is 2.39. The van der Waals surface area contributed by atoms with Gasteiger partial charge in [-0.2, -0.15) is 0 Å². The fourth-order valence-corrected chi connectivity index (χ4v) is 2.40. The van der Waals surface area contributed by atoms with E-state index in [1.54, 1.807) is 18.2 Å². The second-order valence-electron chi connectivity index (χ2n) is 4.52. The van der Waals surface area contributed by atoms with Crippen LogP contribution in [0.5, 0.6) is 0 Å². The van der Waals surface area contributed by atoms with Gasteiger partial charge in [0.2, 0.25) is 11.8 Å². The monoisotopic (exact) mass is 261 g/mol. The van der Waals surface area contributed by atoms with Gasteiger partial charge in [-0.05, 0) is 18.6 Å². The van der Waals surface area contributed by atoms with E-state index in [0.717, 1.165) is 0 Å². The maximum atomic E-state index is 12.4. The number of nitrogens with one attached hydrogen (secondary N) is 1. The van der Waals surface area contributed by atoms with Crippen molar-refractivity contribution in [3.05, 3.63) is 29.3 Å². The van der Waals surface area contributed by atoms with Crippen LogP contribution in [0.15, 0.2) is 18.2 Å². The average molecular weight is 261 g/mol. The van der Waals surface area contributed by atoms with Gasteiger partial charge in [-0.25, -0.2) is 0 Å². The molecule has 19 heavy (non-hydrogen) atoms. The van der Waals surface area contributed by atoms with Gasteiger partial charge in [0.1, 0.15) is 6.04 Å². The van der Waals surface area contributed by atoms with Gasteiger partial charge < -0.3 is 10.6 Å². The lowest BCUT2D eigenvalue weighted by Gasteiger charge is -2.29. The smallest absolute Gasteiger partial charge is 0.255 e. The summed E-state index contributed by atoms with van der Waals surface area (Å²) in [5, 5.41) is 1.98. The van der Waals surface area contributed by atoms with Crippen LogP contribution in [0.1, 0.15) is 31.5 Å². The number of amides is 3. The molecule has 1 aromatic carbocycles. The number of nitrogen functional groups attached to an aromatic ring is 1. The minimum Gasteiger partial charge on any atom is -0.398 e. The molecule has 1 aromatic rings. The Morgan fingerprint density at radius 2 is 2.16 bits per heavy atom. The van der Waals surface area contributed by atoms with Crippen LogP contribution in [0, 0.1) is 0 Å². The third kappa shape index (κ3) is 1.76. The van der Waals surface area contributed by atoms with Crippen LogP contribution < -0.4 is 11.1 Å². The zero-order valence-electron chi connectivity index (χ0n) is 12.0. The van der Waals surface area contributed by atoms with E-state index >= 15 is 0 Å². The first kappa shape index (κ1) is 9.55. The minimum atomic E-state index is -2.18. The maximum absolute atomic E-state index is 12.4. The number of anilines is 1. The van der Waals surface area contributed by atoms with Crippen LogP contribution in [0.25, 0.3) is 0 Å². The van der Waals surface area contributed by atoms with E-state index in [1.807, 2.05) is 5.32 Å². The molecule has 2 aliphatic heterocycles. The summed E-state index contributed by atoms with van der Waals surface area (Å²) in [6.45, 7) is 0.142. The fraction of sp³-hybridized carbons (Fsp3) is 0.308. The van der Waals surface area contributed by atoms with Crippen molar-refractivity contribution in [2.75, 3.05) is 5.73 Å². The number of nitrogens with zero attached hydrogens (tertiary/aromatic N) is 1. The number of carbonyl (C=O) groups is 3. The SMILES string of the molecule is [2H]C1([2H])CC(N2Cc3c(N)cccc3C2=O)C(=O)NC1=O. The molecule has 3 amide bonds. The molecular weight excluding hydrogens is 246 g/mol. The number of hydrogen-bond acceptors (Lipinski definition) is 4. The van der Waals surface area contributed by atoms with Gasteiger partial charge in [0.15, 0.2) is 0 Å². The summed E-state index contributed by atoms with van der Waals surface area (Å²) in [6.07, 6.45) is -2.53. The lowest BCUT2D eigenvalue weighted by Crippen LogP contribution is -2.52. The summed E-state index contributed by atoms with van der Waals surface area (Å²) >= 11 is 0. The van der Waals surface area contributed by atoms with Crippen LogP contribution >= 0.6 is 0 Å². The van der Waals surface area contributed by atoms with Gasteiger partial charge in [-0.1, -0.05) is 6.07 Å². The molecule has 98 valence electrons. The normalized spacial score (nSPS) is 26.6. The molecule has 0 bridgehead atoms. The summed E-state index contributed by atoms with van der Waals surface area (Å²) in [6, 6.07) is 3.92. The average Bonchev–Trinajstić information content (AvgIpc) is 2.74. The molecule has 1 saturated heterocycles. The molecule has 6 nitrogen and oxygen atoms in total. The molecular formula is C13H13N3O3. The first-order chi connectivity index (χ1) is 9.81. The highest BCUT2D eigenvalue weighted by Crippen LogP contribution is 2.30. The molecule has 1 fully saturated rings. The van der Waals surface area contributed by atoms with Crippen molar-refractivity contribution in [3.8, 4) is 0 Å². The summed E-state index contributed by atoms with van der Waals surface area (Å²) in [7, 11) is 0. The van der Waals surface area contributed by atoms with Crippen molar-refractivity contribution in [2.45, 2.75) is 25.4 Å². The Balaban J connectivity index is 1.93. The van der Waals surface area contributed by atoms with Gasteiger partial charge in [0.05, 0.1) is 0 Å². The van der Waals surface area contributed by atoms with Crippen LogP contribution in [-0.2, 0) is 16.1 Å². The second-order valence-corrected chi connectivity index (χ2v) is 4.52. The third-order valence-corrected chi connectivity index (χ3v) is 3.40. The molecule has 0 saturated carbocycles. The number of carbonyl (C=O) groups excluding carboxylic acids is 3. The Morgan fingerprint density at radius 3 is 2.89 bits per heavy atom. The molecule has 3 rings (SSSR count). The number of imide groups is 1. The molecule has 0 radical (unpaired) electrons. The van der Waals surface area contributed by atoms with E-state index in [9.17, 15) is 14.4 Å². The Hall–Kier alpha value is -2.37. The molecule has 0 spiro atoms. The quantitative estimate of drug-likeness (QED) is 0.551. The van der Waals surface area contributed by atoms with Crippen LogP contribution in [0.3, 0.4) is 0 Å². The van der Waals surface area contributed by atoms with Crippen molar-refractivity contribution in [3.63, 3.8) is 0 Å². The van der Waals surface area contributed by atoms with Crippen molar-refractivity contribution in [1.82, 2.24) is 10.2 Å². The van der Waals surface area contributed by atoms with Crippen molar-refractivity contribution >= 4 is 23.4 Å². The Labute approximate surface area is 112 Å². The van der Waals surface area contributed by atoms with Crippen LogP contribution in [0.4, 0.5) is 5.69 Å². The van der Waals surface area contributed by atoms with Gasteiger partial charge in [0, 0.05) is 32.5 Å². The standard InChI is InChI=1S/C13H13N3O3/c14-9-3-1-2-7-8(9)6-16(13(7)19)10-4-5-11(17)15-12(10)18/h1-3,10H,4-6,14H2,(H,15,17,18)/i5D2. The van der Waals surface area contributed by atoms with E-state index in [4.69, 9.17) is 8.48 Å². The second kappa shape index (κ2) is 4.08. The first-order valence-corrected chi connectivity index (χ1v) is 5.85. The van der Waals surface area contributed by atoms with E-state index in [0.29, 0.717) is 16.8 Å². The first-order valence-electron chi connectivity index (χ1n) is 6.85. The lowest BCUT2D eigenvalue weighted by atomic mass is 10.0. The number of fused-ring (bicyclic) bond motifs is 1. The molecule has 0 aromatic heterocycles. The molecule has 2 aliphatic rings. The van der Waals surface area contributed by atoms with Crippen molar-refractivity contribution in [2.24, 2.45) is 0 Å². The lowest BCUT2D eigenvalue weighted by molar-refractivity contribution is -0.136. The van der Waals surface area contributed by atoms with Gasteiger partial charge in [-0.3, -0.25) is 19.7 Å². The summed E-state index contributed by atoms with van der Waals surface area (Å²) in [5.74, 6) is -2.00. The van der Waals surface area contributed by atoms with Crippen molar-refractivity contribution < 1.29 is 17.1 Å². The number of rotatable bonds is 1. The topological polar surface area (TPSA) is 92.5 Å². The van der Waals surface area contributed by atoms with Crippen LogP contribution in [0.2, 0.25) is 0 Å². The van der Waals surface area contributed by atoms with E-state index in [-0.39, 0.29) is 18.9 Å². The number of benzene rings is 1. The molecule has 2 heterocycles. The van der Waals surface area contributed by atoms with Crippen molar-refractivity contribution in [1.29, 1.82) is 0 Å². The summed E-state index contributed by atoms with van der Waals surface area (Å²) in [4.78, 5) is 37.0. The zero-order valence-corrected chi connectivity index (χ0v) is 9.97. The van der Waals surface area contributed by atoms with Gasteiger partial charge in [-0.15, -0.1) is 0 Å². The minimum absolute atomic E-state index is 0.142. The Morgan fingerprint density at radius 1 is 1.37 bits per heavy atom. The van der Waals surface area contributed by atoms with Gasteiger partial charge in [0.25, 0.3) is 5.91 Å². The predicted molar refractivity (Wildman–Crippen MR) is 66.9 cm³/mol. The number of piperidine rings is 1. The van der Waals surface area contributed by atoms with E-state index in [2.05, 4.69) is 0 Å². The highest BCUT2D eigenvalue weighted by molar-refractivity contribution is 6.06. The molecule has 6 heteroatoms. The van der Waals surface area contributed by atoms with Crippen LogP contribution in [-0.4, -0.2) is 28.7 Å². The van der Waals surface area contributed by atoms with Gasteiger partial charge >= 0.3 is 0 Å². The maximum Gasteiger partial charge on any atom is 0.255 e. The molecule has 3 N–H and O–H groups in total. The Bertz CT molecular complexity index is 675. The Kier molecular flexibility index (Phi) is 2.05. The number of hydrogen-bond donors (Lipinski definition) is 2. The molecule has 1 atom stereocenters. The largest absolute Gasteiger partial charge is 0.398 e. The highest BCUT2D eigenvalue weighted by atomic mass is 16.2.